The summed E-state index contributed by atoms with van der Waals surface area (Å²) in [6.07, 6.45) is 1.67. The normalized spacial score (nSPS) is 18.4. The number of Topliss-reactive ketones (excluding diaryl/α,β-unsaturated/α-hetero) is 1. The van der Waals surface area contributed by atoms with Gasteiger partial charge in [-0.1, -0.05) is 12.1 Å². The third kappa shape index (κ3) is 2.85. The molecule has 1 atom stereocenters. The molecule has 136 valence electrons. The zero-order valence-electron chi connectivity index (χ0n) is 14.9. The summed E-state index contributed by atoms with van der Waals surface area (Å²) in [5, 5.41) is 0. The van der Waals surface area contributed by atoms with Crippen molar-refractivity contribution in [3.8, 4) is 11.5 Å². The standard InChI is InChI=1S/C20H21NO5/c1-12-18(19-14(22)6-5-9-17(19)25-12)20(23)21(2)10-13-11-24-15-7-3-4-8-16(15)26-13/h3-4,7-8,13H,5-6,9-11H2,1-2H3. The van der Waals surface area contributed by atoms with Crippen molar-refractivity contribution in [2.24, 2.45) is 0 Å². The first-order valence-electron chi connectivity index (χ1n) is 8.84. The smallest absolute Gasteiger partial charge is 0.258 e. The second-order valence-electron chi connectivity index (χ2n) is 6.79. The lowest BCUT2D eigenvalue weighted by molar-refractivity contribution is 0.0518. The van der Waals surface area contributed by atoms with Gasteiger partial charge in [0, 0.05) is 19.9 Å². The molecule has 0 spiro atoms. The predicted octanol–water partition coefficient (Wildman–Crippen LogP) is 3.02. The number of hydrogen-bond acceptors (Lipinski definition) is 5. The number of ether oxygens (including phenoxy) is 2. The van der Waals surface area contributed by atoms with Gasteiger partial charge in [-0.2, -0.15) is 0 Å². The summed E-state index contributed by atoms with van der Waals surface area (Å²) in [6.45, 7) is 2.47. The average Bonchev–Trinajstić information content (AvgIpc) is 2.98. The quantitative estimate of drug-likeness (QED) is 0.846. The number of aryl methyl sites for hydroxylation is 2. The number of hydrogen-bond donors (Lipinski definition) is 0. The van der Waals surface area contributed by atoms with Crippen LogP contribution in [0.5, 0.6) is 11.5 Å². The highest BCUT2D eigenvalue weighted by atomic mass is 16.6. The Morgan fingerprint density at radius 1 is 1.23 bits per heavy atom. The molecule has 1 amide bonds. The molecule has 0 saturated carbocycles. The van der Waals surface area contributed by atoms with Crippen molar-refractivity contribution in [2.75, 3.05) is 20.2 Å². The molecule has 4 rings (SSSR count). The third-order valence-corrected chi connectivity index (χ3v) is 4.85. The Kier molecular flexibility index (Phi) is 4.18. The van der Waals surface area contributed by atoms with Crippen LogP contribution in [0.25, 0.3) is 0 Å². The van der Waals surface area contributed by atoms with E-state index in [-0.39, 0.29) is 17.8 Å². The first-order valence-corrected chi connectivity index (χ1v) is 8.84. The topological polar surface area (TPSA) is 69.0 Å². The van der Waals surface area contributed by atoms with E-state index in [1.54, 1.807) is 18.9 Å². The van der Waals surface area contributed by atoms with Crippen LogP contribution in [0.1, 0.15) is 45.1 Å². The summed E-state index contributed by atoms with van der Waals surface area (Å²) in [7, 11) is 1.71. The fourth-order valence-corrected chi connectivity index (χ4v) is 3.60. The van der Waals surface area contributed by atoms with Crippen LogP contribution in [-0.4, -0.2) is 42.9 Å². The number of benzene rings is 1. The van der Waals surface area contributed by atoms with Crippen molar-refractivity contribution in [1.29, 1.82) is 0 Å². The fourth-order valence-electron chi connectivity index (χ4n) is 3.60. The minimum absolute atomic E-state index is 0.00831. The third-order valence-electron chi connectivity index (χ3n) is 4.85. The Balaban J connectivity index is 1.51. The van der Waals surface area contributed by atoms with E-state index in [1.807, 2.05) is 24.3 Å². The van der Waals surface area contributed by atoms with Gasteiger partial charge in [0.05, 0.1) is 17.7 Å². The molecular formula is C20H21NO5. The van der Waals surface area contributed by atoms with Gasteiger partial charge in [-0.3, -0.25) is 9.59 Å². The van der Waals surface area contributed by atoms with Crippen molar-refractivity contribution < 1.29 is 23.5 Å². The van der Waals surface area contributed by atoms with Crippen molar-refractivity contribution in [2.45, 2.75) is 32.3 Å². The van der Waals surface area contributed by atoms with E-state index in [9.17, 15) is 9.59 Å². The highest BCUT2D eigenvalue weighted by Gasteiger charge is 2.33. The van der Waals surface area contributed by atoms with Crippen molar-refractivity contribution in [1.82, 2.24) is 4.90 Å². The Labute approximate surface area is 151 Å². The summed E-state index contributed by atoms with van der Waals surface area (Å²) in [6, 6.07) is 7.47. The Hall–Kier alpha value is -2.76. The fraction of sp³-hybridized carbons (Fsp3) is 0.400. The molecular weight excluding hydrogens is 334 g/mol. The van der Waals surface area contributed by atoms with Crippen LogP contribution in [-0.2, 0) is 6.42 Å². The summed E-state index contributed by atoms with van der Waals surface area (Å²) in [4.78, 5) is 26.9. The highest BCUT2D eigenvalue weighted by molar-refractivity contribution is 6.09. The van der Waals surface area contributed by atoms with E-state index in [2.05, 4.69) is 0 Å². The van der Waals surface area contributed by atoms with Crippen LogP contribution in [0.4, 0.5) is 0 Å². The zero-order valence-corrected chi connectivity index (χ0v) is 14.9. The molecule has 2 aromatic rings. The maximum absolute atomic E-state index is 13.0. The molecule has 2 aliphatic rings. The molecule has 6 nitrogen and oxygen atoms in total. The number of rotatable bonds is 3. The van der Waals surface area contributed by atoms with E-state index in [0.29, 0.717) is 60.1 Å². The molecule has 2 heterocycles. The van der Waals surface area contributed by atoms with E-state index in [0.717, 1.165) is 6.42 Å². The number of carbonyl (C=O) groups excluding carboxylic acids is 2. The van der Waals surface area contributed by atoms with Crippen LogP contribution in [0.2, 0.25) is 0 Å². The van der Waals surface area contributed by atoms with E-state index < -0.39 is 0 Å². The number of furan rings is 1. The van der Waals surface area contributed by atoms with Gasteiger partial charge in [0.2, 0.25) is 0 Å². The first-order chi connectivity index (χ1) is 12.5. The van der Waals surface area contributed by atoms with E-state index in [4.69, 9.17) is 13.9 Å². The van der Waals surface area contributed by atoms with Crippen LogP contribution in [0.15, 0.2) is 28.7 Å². The average molecular weight is 355 g/mol. The number of amides is 1. The molecule has 6 heteroatoms. The lowest BCUT2D eigenvalue weighted by Gasteiger charge is -2.29. The van der Waals surface area contributed by atoms with Crippen molar-refractivity contribution >= 4 is 11.7 Å². The highest BCUT2D eigenvalue weighted by Crippen LogP contribution is 2.32. The first kappa shape index (κ1) is 16.7. The molecule has 0 N–H and O–H groups in total. The number of para-hydroxylation sites is 2. The van der Waals surface area contributed by atoms with Gasteiger partial charge in [0.1, 0.15) is 18.1 Å². The van der Waals surface area contributed by atoms with E-state index >= 15 is 0 Å². The second kappa shape index (κ2) is 6.52. The Morgan fingerprint density at radius 3 is 2.81 bits per heavy atom. The Bertz CT molecular complexity index is 869. The lowest BCUT2D eigenvalue weighted by atomic mass is 9.93. The zero-order chi connectivity index (χ0) is 18.3. The van der Waals surface area contributed by atoms with Crippen molar-refractivity contribution in [3.05, 3.63) is 46.9 Å². The Morgan fingerprint density at radius 2 is 2.00 bits per heavy atom. The second-order valence-corrected chi connectivity index (χ2v) is 6.79. The molecule has 0 fully saturated rings. The van der Waals surface area contributed by atoms with E-state index in [1.165, 1.54) is 0 Å². The van der Waals surface area contributed by atoms with Crippen LogP contribution in [0.3, 0.4) is 0 Å². The molecule has 0 bridgehead atoms. The number of carbonyl (C=O) groups is 2. The van der Waals surface area contributed by atoms with Gasteiger partial charge in [-0.05, 0) is 25.5 Å². The molecule has 1 aliphatic heterocycles. The van der Waals surface area contributed by atoms with Gasteiger partial charge in [-0.25, -0.2) is 0 Å². The van der Waals surface area contributed by atoms with Gasteiger partial charge < -0.3 is 18.8 Å². The monoisotopic (exact) mass is 355 g/mol. The van der Waals surface area contributed by atoms with Gasteiger partial charge in [0.15, 0.2) is 23.4 Å². The minimum Gasteiger partial charge on any atom is -0.486 e. The molecule has 1 aromatic heterocycles. The van der Waals surface area contributed by atoms with Crippen LogP contribution in [0, 0.1) is 6.92 Å². The van der Waals surface area contributed by atoms with Crippen LogP contribution >= 0.6 is 0 Å². The van der Waals surface area contributed by atoms with Gasteiger partial charge >= 0.3 is 0 Å². The summed E-state index contributed by atoms with van der Waals surface area (Å²) < 4.78 is 17.3. The largest absolute Gasteiger partial charge is 0.486 e. The van der Waals surface area contributed by atoms with Crippen LogP contribution < -0.4 is 9.47 Å². The van der Waals surface area contributed by atoms with Crippen molar-refractivity contribution in [3.63, 3.8) is 0 Å². The summed E-state index contributed by atoms with van der Waals surface area (Å²) in [5.74, 6) is 2.31. The molecule has 1 aromatic carbocycles. The molecule has 1 unspecified atom stereocenters. The maximum atomic E-state index is 13.0. The molecule has 26 heavy (non-hydrogen) atoms. The number of ketones is 1. The lowest BCUT2D eigenvalue weighted by Crippen LogP contribution is -2.42. The summed E-state index contributed by atoms with van der Waals surface area (Å²) >= 11 is 0. The SMILES string of the molecule is Cc1oc2c(c1C(=O)N(C)CC1COc3ccccc3O1)C(=O)CCC2. The molecule has 1 aliphatic carbocycles. The number of likely N-dealkylation sites (N-methyl/N-ethyl adjacent to an activating group) is 1. The predicted molar refractivity (Wildman–Crippen MR) is 94.0 cm³/mol. The molecule has 0 radical (unpaired) electrons. The minimum atomic E-state index is -0.266. The maximum Gasteiger partial charge on any atom is 0.258 e. The molecule has 0 saturated heterocycles. The summed E-state index contributed by atoms with van der Waals surface area (Å²) in [5.41, 5.74) is 0.862. The van der Waals surface area contributed by atoms with Gasteiger partial charge in [0.25, 0.3) is 5.91 Å². The van der Waals surface area contributed by atoms with Gasteiger partial charge in [-0.15, -0.1) is 0 Å². The number of fused-ring (bicyclic) bond motifs is 2. The number of nitrogens with zero attached hydrogens (tertiary/aromatic N) is 1.